The summed E-state index contributed by atoms with van der Waals surface area (Å²) >= 11 is 0. The molecule has 0 heterocycles. The Morgan fingerprint density at radius 1 is 1.23 bits per heavy atom. The molecule has 1 aromatic rings. The van der Waals surface area contributed by atoms with Gasteiger partial charge in [0, 0.05) is 13.2 Å². The maximum Gasteiger partial charge on any atom is 0.407 e. The number of hydrogen-bond donors (Lipinski definition) is 3. The van der Waals surface area contributed by atoms with Crippen molar-refractivity contribution in [1.29, 1.82) is 0 Å². The molecule has 0 aromatic heterocycles. The van der Waals surface area contributed by atoms with Gasteiger partial charge in [0.2, 0.25) is 0 Å². The molecule has 6 heteroatoms. The molecule has 0 bridgehead atoms. The molecule has 1 unspecified atom stereocenters. The highest BCUT2D eigenvalue weighted by Gasteiger charge is 2.16. The summed E-state index contributed by atoms with van der Waals surface area (Å²) in [6.45, 7) is 10.4. The van der Waals surface area contributed by atoms with Crippen LogP contribution in [0.3, 0.4) is 0 Å². The molecular formula is C20H35NO5. The van der Waals surface area contributed by atoms with Crippen molar-refractivity contribution in [1.82, 2.24) is 5.32 Å². The van der Waals surface area contributed by atoms with Crippen molar-refractivity contribution in [3.8, 4) is 5.75 Å². The predicted octanol–water partition coefficient (Wildman–Crippen LogP) is 3.81. The van der Waals surface area contributed by atoms with Crippen molar-refractivity contribution in [2.75, 3.05) is 19.8 Å². The monoisotopic (exact) mass is 369 g/mol. The van der Waals surface area contributed by atoms with Crippen LogP contribution < -0.4 is 10.1 Å². The van der Waals surface area contributed by atoms with Gasteiger partial charge in [0.25, 0.3) is 0 Å². The van der Waals surface area contributed by atoms with Crippen molar-refractivity contribution in [2.45, 2.75) is 65.6 Å². The van der Waals surface area contributed by atoms with Crippen LogP contribution in [-0.2, 0) is 4.74 Å². The zero-order valence-corrected chi connectivity index (χ0v) is 16.7. The zero-order chi connectivity index (χ0) is 20.0. The number of alkyl carbamates (subject to hydrolysis) is 1. The molecule has 1 rings (SSSR count). The molecule has 0 aliphatic rings. The number of carbonyl (C=O) groups is 1. The Balaban J connectivity index is 0.00000301. The van der Waals surface area contributed by atoms with Gasteiger partial charge in [0.05, 0.1) is 12.7 Å². The van der Waals surface area contributed by atoms with E-state index in [4.69, 9.17) is 14.6 Å². The minimum atomic E-state index is -0.694. The number of aliphatic hydroxyl groups excluding tert-OH is 2. The molecule has 0 saturated carbocycles. The highest BCUT2D eigenvalue weighted by Crippen LogP contribution is 2.21. The number of ether oxygens (including phenoxy) is 2. The molecule has 0 spiro atoms. The summed E-state index contributed by atoms with van der Waals surface area (Å²) in [5, 5.41) is 21.6. The fraction of sp³-hybridized carbons (Fsp3) is 0.650. The van der Waals surface area contributed by atoms with E-state index in [2.05, 4.69) is 5.32 Å². The average Bonchev–Trinajstić information content (AvgIpc) is 2.59. The molecule has 0 aliphatic heterocycles. The summed E-state index contributed by atoms with van der Waals surface area (Å²) in [7, 11) is 0. The van der Waals surface area contributed by atoms with Crippen LogP contribution >= 0.6 is 0 Å². The summed E-state index contributed by atoms with van der Waals surface area (Å²) in [5.74, 6) is 0.685. The summed E-state index contributed by atoms with van der Waals surface area (Å²) in [5.41, 5.74) is 0.199. The van der Waals surface area contributed by atoms with E-state index >= 15 is 0 Å². The molecule has 0 saturated heterocycles. The van der Waals surface area contributed by atoms with Gasteiger partial charge in [0.15, 0.2) is 0 Å². The Labute approximate surface area is 157 Å². The largest absolute Gasteiger partial charge is 0.494 e. The van der Waals surface area contributed by atoms with Crippen LogP contribution in [0.25, 0.3) is 0 Å². The number of benzene rings is 1. The molecule has 0 radical (unpaired) electrons. The van der Waals surface area contributed by atoms with Crippen LogP contribution in [0.15, 0.2) is 24.3 Å². The molecule has 0 aliphatic carbocycles. The van der Waals surface area contributed by atoms with Crippen molar-refractivity contribution in [3.05, 3.63) is 29.8 Å². The summed E-state index contributed by atoms with van der Waals surface area (Å²) in [6, 6.07) is 7.26. The second kappa shape index (κ2) is 13.4. The van der Waals surface area contributed by atoms with Crippen LogP contribution in [0.1, 0.15) is 65.5 Å². The molecule has 1 aromatic carbocycles. The quantitative estimate of drug-likeness (QED) is 0.576. The van der Waals surface area contributed by atoms with Gasteiger partial charge in [-0.2, -0.15) is 0 Å². The lowest BCUT2D eigenvalue weighted by Gasteiger charge is -2.20. The standard InChI is InChI=1S/C18H29NO5.C2H6/c1-18(2,3)24-17(22)19-10-9-16(21)14-7-6-8-15(13-14)23-12-5-4-11-20;1-2/h6-8,13,16,20-21H,4-5,9-12H2,1-3H3,(H,19,22);1-2H3. The Morgan fingerprint density at radius 3 is 2.54 bits per heavy atom. The first kappa shape index (κ1) is 24.2. The molecule has 150 valence electrons. The van der Waals surface area contributed by atoms with Crippen molar-refractivity contribution >= 4 is 6.09 Å². The minimum absolute atomic E-state index is 0.159. The number of hydrogen-bond acceptors (Lipinski definition) is 5. The minimum Gasteiger partial charge on any atom is -0.494 e. The van der Waals surface area contributed by atoms with Gasteiger partial charge in [-0.15, -0.1) is 0 Å². The first-order chi connectivity index (χ1) is 12.3. The fourth-order valence-electron chi connectivity index (χ4n) is 2.01. The molecule has 26 heavy (non-hydrogen) atoms. The Hall–Kier alpha value is -1.79. The van der Waals surface area contributed by atoms with E-state index in [1.54, 1.807) is 26.8 Å². The lowest BCUT2D eigenvalue weighted by molar-refractivity contribution is 0.0518. The molecule has 6 nitrogen and oxygen atoms in total. The smallest absolute Gasteiger partial charge is 0.407 e. The van der Waals surface area contributed by atoms with E-state index in [1.807, 2.05) is 32.0 Å². The number of amides is 1. The lowest BCUT2D eigenvalue weighted by atomic mass is 10.1. The molecular weight excluding hydrogens is 334 g/mol. The normalized spacial score (nSPS) is 11.8. The maximum atomic E-state index is 11.5. The Bertz CT molecular complexity index is 499. The molecule has 1 atom stereocenters. The molecule has 3 N–H and O–H groups in total. The van der Waals surface area contributed by atoms with Gasteiger partial charge in [0.1, 0.15) is 11.4 Å². The Kier molecular flexibility index (Phi) is 12.5. The third-order valence-corrected chi connectivity index (χ3v) is 3.15. The number of rotatable bonds is 9. The van der Waals surface area contributed by atoms with Gasteiger partial charge in [-0.1, -0.05) is 26.0 Å². The van der Waals surface area contributed by atoms with Crippen molar-refractivity contribution in [2.24, 2.45) is 0 Å². The maximum absolute atomic E-state index is 11.5. The third-order valence-electron chi connectivity index (χ3n) is 3.15. The first-order valence-corrected chi connectivity index (χ1v) is 9.30. The SMILES string of the molecule is CC.CC(C)(C)OC(=O)NCCC(O)c1cccc(OCCCCO)c1. The molecule has 1 amide bonds. The number of unbranched alkanes of at least 4 members (excludes halogenated alkanes) is 1. The zero-order valence-electron chi connectivity index (χ0n) is 16.7. The van der Waals surface area contributed by atoms with E-state index in [-0.39, 0.29) is 6.61 Å². The Morgan fingerprint density at radius 2 is 1.92 bits per heavy atom. The number of aliphatic hydroxyl groups is 2. The number of carbonyl (C=O) groups excluding carboxylic acids is 1. The summed E-state index contributed by atoms with van der Waals surface area (Å²) in [6.07, 6.45) is 0.686. The van der Waals surface area contributed by atoms with Crippen LogP contribution in [-0.4, -0.2) is 41.7 Å². The van der Waals surface area contributed by atoms with Gasteiger partial charge in [-0.05, 0) is 57.7 Å². The fourth-order valence-corrected chi connectivity index (χ4v) is 2.01. The van der Waals surface area contributed by atoms with Gasteiger partial charge in [-0.25, -0.2) is 4.79 Å². The van der Waals surface area contributed by atoms with Crippen LogP contribution in [0.4, 0.5) is 4.79 Å². The first-order valence-electron chi connectivity index (χ1n) is 9.30. The number of nitrogens with one attached hydrogen (secondary N) is 1. The molecule has 0 fully saturated rings. The average molecular weight is 370 g/mol. The van der Waals surface area contributed by atoms with Crippen molar-refractivity contribution in [3.63, 3.8) is 0 Å². The van der Waals surface area contributed by atoms with E-state index in [0.29, 0.717) is 31.7 Å². The highest BCUT2D eigenvalue weighted by atomic mass is 16.6. The summed E-state index contributed by atoms with van der Waals surface area (Å²) in [4.78, 5) is 11.5. The van der Waals surface area contributed by atoms with Crippen molar-refractivity contribution < 1.29 is 24.5 Å². The predicted molar refractivity (Wildman–Crippen MR) is 103 cm³/mol. The van der Waals surface area contributed by atoms with E-state index < -0.39 is 17.8 Å². The second-order valence-corrected chi connectivity index (χ2v) is 6.58. The van der Waals surface area contributed by atoms with E-state index in [1.165, 1.54) is 0 Å². The second-order valence-electron chi connectivity index (χ2n) is 6.58. The topological polar surface area (TPSA) is 88.0 Å². The highest BCUT2D eigenvalue weighted by molar-refractivity contribution is 5.67. The van der Waals surface area contributed by atoms with E-state index in [0.717, 1.165) is 12.0 Å². The van der Waals surface area contributed by atoms with Gasteiger partial charge in [-0.3, -0.25) is 0 Å². The van der Waals surface area contributed by atoms with E-state index in [9.17, 15) is 9.90 Å². The van der Waals surface area contributed by atoms with Crippen LogP contribution in [0.2, 0.25) is 0 Å². The van der Waals surface area contributed by atoms with Crippen LogP contribution in [0.5, 0.6) is 5.75 Å². The van der Waals surface area contributed by atoms with Gasteiger partial charge >= 0.3 is 6.09 Å². The lowest BCUT2D eigenvalue weighted by Crippen LogP contribution is -2.33. The van der Waals surface area contributed by atoms with Gasteiger partial charge < -0.3 is 25.0 Å². The third kappa shape index (κ3) is 11.7. The van der Waals surface area contributed by atoms with Crippen LogP contribution in [0, 0.1) is 0 Å². The summed E-state index contributed by atoms with van der Waals surface area (Å²) < 4.78 is 10.7.